The van der Waals surface area contributed by atoms with Crippen LogP contribution in [0.4, 0.5) is 0 Å². The molecule has 1 aliphatic heterocycles. The quantitative estimate of drug-likeness (QED) is 0.486. The topological polar surface area (TPSA) is 84.0 Å². The van der Waals surface area contributed by atoms with Crippen LogP contribution in [-0.4, -0.2) is 55.2 Å². The number of carbonyl (C=O) groups is 2. The largest absolute Gasteiger partial charge is 0.462 e. The number of rotatable bonds is 9. The van der Waals surface area contributed by atoms with Crippen LogP contribution in [-0.2, 0) is 26.1 Å². The smallest absolute Gasteiger partial charge is 0.338 e. The molecule has 0 N–H and O–H groups in total. The maximum atomic E-state index is 13.6. The van der Waals surface area contributed by atoms with Crippen LogP contribution >= 0.6 is 0 Å². The lowest BCUT2D eigenvalue weighted by atomic mass is 9.95. The van der Waals surface area contributed by atoms with Gasteiger partial charge in [0.1, 0.15) is 0 Å². The van der Waals surface area contributed by atoms with E-state index in [0.29, 0.717) is 44.0 Å². The van der Waals surface area contributed by atoms with Crippen LogP contribution in [0.3, 0.4) is 0 Å². The molecule has 1 aliphatic carbocycles. The van der Waals surface area contributed by atoms with E-state index in [0.717, 1.165) is 18.4 Å². The average Bonchev–Trinajstić information content (AvgIpc) is 3.73. The maximum Gasteiger partial charge on any atom is 0.338 e. The van der Waals surface area contributed by atoms with Gasteiger partial charge in [-0.3, -0.25) is 4.79 Å². The third-order valence-electron chi connectivity index (χ3n) is 7.08. The Bertz CT molecular complexity index is 1120. The molecule has 0 aromatic heterocycles. The summed E-state index contributed by atoms with van der Waals surface area (Å²) in [4.78, 5) is 27.6. The standard InChI is InChI=1S/C27H34N2O5S/c1-3-34-27(31)24-11-13-25(14-12-24)35(32,33)28-17-15-23(16-18-28)26(30)29(20(2)22-9-10-22)19-21-7-5-4-6-8-21/h4-8,11-14,20,22-23H,3,9-10,15-19H2,1-2H3. The van der Waals surface area contributed by atoms with Crippen molar-refractivity contribution in [3.8, 4) is 0 Å². The normalized spacial score (nSPS) is 18.1. The van der Waals surface area contributed by atoms with Gasteiger partial charge < -0.3 is 9.64 Å². The molecule has 4 rings (SSSR count). The first-order chi connectivity index (χ1) is 16.8. The Morgan fingerprint density at radius 1 is 1.00 bits per heavy atom. The summed E-state index contributed by atoms with van der Waals surface area (Å²) in [6, 6.07) is 16.1. The van der Waals surface area contributed by atoms with E-state index < -0.39 is 16.0 Å². The summed E-state index contributed by atoms with van der Waals surface area (Å²) < 4.78 is 32.7. The van der Waals surface area contributed by atoms with Gasteiger partial charge in [0.2, 0.25) is 15.9 Å². The molecule has 0 bridgehead atoms. The van der Waals surface area contributed by atoms with Gasteiger partial charge in [-0.25, -0.2) is 13.2 Å². The fourth-order valence-corrected chi connectivity index (χ4v) is 6.21. The summed E-state index contributed by atoms with van der Waals surface area (Å²) in [6.45, 7) is 5.30. The Kier molecular flexibility index (Phi) is 7.91. The zero-order valence-corrected chi connectivity index (χ0v) is 21.2. The molecule has 35 heavy (non-hydrogen) atoms. The molecule has 8 heteroatoms. The number of nitrogens with zero attached hydrogens (tertiary/aromatic N) is 2. The van der Waals surface area contributed by atoms with Crippen molar-refractivity contribution in [3.63, 3.8) is 0 Å². The van der Waals surface area contributed by atoms with E-state index in [4.69, 9.17) is 4.74 Å². The Morgan fingerprint density at radius 3 is 2.20 bits per heavy atom. The number of sulfonamides is 1. The Hall–Kier alpha value is -2.71. The third-order valence-corrected chi connectivity index (χ3v) is 8.99. The minimum absolute atomic E-state index is 0.129. The van der Waals surface area contributed by atoms with E-state index in [1.807, 2.05) is 35.2 Å². The number of hydrogen-bond acceptors (Lipinski definition) is 5. The molecular weight excluding hydrogens is 464 g/mol. The van der Waals surface area contributed by atoms with Gasteiger partial charge >= 0.3 is 5.97 Å². The van der Waals surface area contributed by atoms with Crippen LogP contribution in [0, 0.1) is 11.8 Å². The molecule has 2 aromatic rings. The lowest BCUT2D eigenvalue weighted by molar-refractivity contribution is -0.140. The second kappa shape index (κ2) is 10.9. The number of benzene rings is 2. The summed E-state index contributed by atoms with van der Waals surface area (Å²) in [5.41, 5.74) is 1.43. The summed E-state index contributed by atoms with van der Waals surface area (Å²) >= 11 is 0. The second-order valence-electron chi connectivity index (χ2n) is 9.45. The van der Waals surface area contributed by atoms with Crippen LogP contribution in [0.1, 0.15) is 55.5 Å². The van der Waals surface area contributed by atoms with Gasteiger partial charge in [-0.2, -0.15) is 4.31 Å². The number of esters is 1. The molecule has 188 valence electrons. The molecular formula is C27H34N2O5S. The predicted octanol–water partition coefficient (Wildman–Crippen LogP) is 4.09. The first-order valence-electron chi connectivity index (χ1n) is 12.4. The highest BCUT2D eigenvalue weighted by atomic mass is 32.2. The zero-order valence-electron chi connectivity index (χ0n) is 20.4. The highest BCUT2D eigenvalue weighted by Crippen LogP contribution is 2.37. The molecule has 0 radical (unpaired) electrons. The molecule has 1 amide bonds. The monoisotopic (exact) mass is 498 g/mol. The van der Waals surface area contributed by atoms with Crippen LogP contribution < -0.4 is 0 Å². The molecule has 1 saturated heterocycles. The highest BCUT2D eigenvalue weighted by Gasteiger charge is 2.39. The summed E-state index contributed by atoms with van der Waals surface area (Å²) in [5, 5.41) is 0. The highest BCUT2D eigenvalue weighted by molar-refractivity contribution is 7.89. The van der Waals surface area contributed by atoms with Gasteiger partial charge in [-0.1, -0.05) is 30.3 Å². The van der Waals surface area contributed by atoms with Gasteiger partial charge in [-0.05, 0) is 75.3 Å². The molecule has 1 heterocycles. The average molecular weight is 499 g/mol. The molecule has 1 atom stereocenters. The van der Waals surface area contributed by atoms with Crippen molar-refractivity contribution in [2.45, 2.75) is 57.0 Å². The Labute approximate surface area is 208 Å². The van der Waals surface area contributed by atoms with Gasteiger partial charge in [-0.15, -0.1) is 0 Å². The Balaban J connectivity index is 1.41. The van der Waals surface area contributed by atoms with Crippen LogP contribution in [0.2, 0.25) is 0 Å². The summed E-state index contributed by atoms with van der Waals surface area (Å²) in [6.07, 6.45) is 3.32. The molecule has 1 unspecified atom stereocenters. The van der Waals surface area contributed by atoms with Gasteiger partial charge in [0, 0.05) is 31.6 Å². The minimum atomic E-state index is -3.70. The summed E-state index contributed by atoms with van der Waals surface area (Å²) in [5.74, 6) is 0.0265. The number of hydrogen-bond donors (Lipinski definition) is 0. The van der Waals surface area contributed by atoms with Crippen molar-refractivity contribution in [1.82, 2.24) is 9.21 Å². The van der Waals surface area contributed by atoms with Crippen LogP contribution in [0.15, 0.2) is 59.5 Å². The molecule has 2 aliphatic rings. The van der Waals surface area contributed by atoms with Crippen LogP contribution in [0.25, 0.3) is 0 Å². The van der Waals surface area contributed by atoms with E-state index in [1.165, 1.54) is 28.6 Å². The molecule has 1 saturated carbocycles. The number of amides is 1. The van der Waals surface area contributed by atoms with Crippen molar-refractivity contribution in [3.05, 3.63) is 65.7 Å². The van der Waals surface area contributed by atoms with Crippen molar-refractivity contribution in [2.75, 3.05) is 19.7 Å². The lowest BCUT2D eigenvalue weighted by Gasteiger charge is -2.36. The maximum absolute atomic E-state index is 13.6. The second-order valence-corrected chi connectivity index (χ2v) is 11.4. The van der Waals surface area contributed by atoms with E-state index in [9.17, 15) is 18.0 Å². The Morgan fingerprint density at radius 2 is 1.63 bits per heavy atom. The van der Waals surface area contributed by atoms with E-state index in [-0.39, 0.29) is 29.4 Å². The van der Waals surface area contributed by atoms with Crippen molar-refractivity contribution in [2.24, 2.45) is 11.8 Å². The number of piperidine rings is 1. The third kappa shape index (κ3) is 5.93. The van der Waals surface area contributed by atoms with E-state index >= 15 is 0 Å². The van der Waals surface area contributed by atoms with Crippen molar-refractivity contribution < 1.29 is 22.7 Å². The predicted molar refractivity (Wildman–Crippen MR) is 133 cm³/mol. The van der Waals surface area contributed by atoms with E-state index in [2.05, 4.69) is 6.92 Å². The zero-order chi connectivity index (χ0) is 25.0. The SMILES string of the molecule is CCOC(=O)c1ccc(S(=O)(=O)N2CCC(C(=O)N(Cc3ccccc3)C(C)C3CC3)CC2)cc1. The molecule has 2 fully saturated rings. The summed E-state index contributed by atoms with van der Waals surface area (Å²) in [7, 11) is -3.70. The first kappa shape index (κ1) is 25.4. The van der Waals surface area contributed by atoms with E-state index in [1.54, 1.807) is 6.92 Å². The van der Waals surface area contributed by atoms with Gasteiger partial charge in [0.05, 0.1) is 17.1 Å². The van der Waals surface area contributed by atoms with Crippen LogP contribution in [0.5, 0.6) is 0 Å². The fourth-order valence-electron chi connectivity index (χ4n) is 4.74. The minimum Gasteiger partial charge on any atom is -0.462 e. The van der Waals surface area contributed by atoms with Gasteiger partial charge in [0.15, 0.2) is 0 Å². The van der Waals surface area contributed by atoms with Crippen molar-refractivity contribution in [1.29, 1.82) is 0 Å². The fraction of sp³-hybridized carbons (Fsp3) is 0.481. The first-order valence-corrected chi connectivity index (χ1v) is 13.9. The number of carbonyl (C=O) groups excluding carboxylic acids is 2. The number of ether oxygens (including phenoxy) is 1. The molecule has 0 spiro atoms. The lowest BCUT2D eigenvalue weighted by Crippen LogP contribution is -2.47. The molecule has 7 nitrogen and oxygen atoms in total. The molecule has 2 aromatic carbocycles. The van der Waals surface area contributed by atoms with Gasteiger partial charge in [0.25, 0.3) is 0 Å². The van der Waals surface area contributed by atoms with Crippen molar-refractivity contribution >= 4 is 21.9 Å².